The summed E-state index contributed by atoms with van der Waals surface area (Å²) in [6.07, 6.45) is 8.29. The Morgan fingerprint density at radius 2 is 1.59 bits per heavy atom. The fourth-order valence-corrected chi connectivity index (χ4v) is 8.29. The molecule has 0 aromatic heterocycles. The quantitative estimate of drug-likeness (QED) is 0.282. The van der Waals surface area contributed by atoms with Crippen LogP contribution in [-0.2, 0) is 35.5 Å². The van der Waals surface area contributed by atoms with Crippen LogP contribution in [0.15, 0.2) is 12.1 Å². The third-order valence-electron chi connectivity index (χ3n) is 10.5. The molecule has 1 aromatic carbocycles. The van der Waals surface area contributed by atoms with E-state index in [2.05, 4.69) is 30.9 Å². The molecule has 0 amide bonds. The number of likely N-dealkylation sites (tertiary alicyclic amines) is 1. The molecule has 2 saturated carbocycles. The summed E-state index contributed by atoms with van der Waals surface area (Å²) in [7, 11) is 0. The normalized spacial score (nSPS) is 32.0. The molecule has 8 heteroatoms. The van der Waals surface area contributed by atoms with Gasteiger partial charge in [0, 0.05) is 24.8 Å². The SMILES string of the molecule is CCCOCCOCCOCCOCCO[C@H]1CC[C@@]2(O)[C@H]3Cc4ccc(C)c5c4[C@@]2(CCN3CC2CCC2)[C@H]1O5. The minimum absolute atomic E-state index is 0.0508. The number of ether oxygens (including phenoxy) is 6. The van der Waals surface area contributed by atoms with Gasteiger partial charge >= 0.3 is 0 Å². The molecule has 3 fully saturated rings. The maximum absolute atomic E-state index is 12.7. The summed E-state index contributed by atoms with van der Waals surface area (Å²) in [6, 6.07) is 4.67. The highest BCUT2D eigenvalue weighted by molar-refractivity contribution is 5.60. The Labute approximate surface area is 245 Å². The topological polar surface area (TPSA) is 78.9 Å². The Bertz CT molecular complexity index is 1020. The van der Waals surface area contributed by atoms with E-state index in [9.17, 15) is 5.11 Å². The van der Waals surface area contributed by atoms with Gasteiger partial charge in [-0.25, -0.2) is 0 Å². The minimum Gasteiger partial charge on any atom is -0.486 e. The van der Waals surface area contributed by atoms with E-state index < -0.39 is 5.60 Å². The second-order valence-corrected chi connectivity index (χ2v) is 12.8. The molecule has 2 bridgehead atoms. The van der Waals surface area contributed by atoms with Crippen molar-refractivity contribution in [3.63, 3.8) is 0 Å². The molecule has 8 nitrogen and oxygen atoms in total. The first-order valence-electron chi connectivity index (χ1n) is 16.3. The van der Waals surface area contributed by atoms with Crippen LogP contribution in [0.4, 0.5) is 0 Å². The zero-order valence-electron chi connectivity index (χ0n) is 25.2. The molecule has 3 aliphatic carbocycles. The van der Waals surface area contributed by atoms with E-state index in [0.29, 0.717) is 52.9 Å². The highest BCUT2D eigenvalue weighted by Crippen LogP contribution is 2.65. The van der Waals surface area contributed by atoms with Crippen molar-refractivity contribution in [1.29, 1.82) is 0 Å². The molecule has 2 heterocycles. The lowest BCUT2D eigenvalue weighted by Crippen LogP contribution is -2.77. The third-order valence-corrected chi connectivity index (χ3v) is 10.5. The van der Waals surface area contributed by atoms with Gasteiger partial charge in [-0.1, -0.05) is 25.5 Å². The lowest BCUT2D eigenvalue weighted by molar-refractivity contribution is -0.218. The van der Waals surface area contributed by atoms with Crippen molar-refractivity contribution >= 4 is 0 Å². The number of hydrogen-bond acceptors (Lipinski definition) is 8. The zero-order valence-corrected chi connectivity index (χ0v) is 25.2. The van der Waals surface area contributed by atoms with E-state index in [0.717, 1.165) is 63.5 Å². The highest BCUT2D eigenvalue weighted by Gasteiger charge is 2.73. The number of aliphatic hydroxyl groups is 1. The molecule has 5 aliphatic rings. The average Bonchev–Trinajstić information content (AvgIpc) is 3.30. The molecular weight excluding hydrogens is 522 g/mol. The summed E-state index contributed by atoms with van der Waals surface area (Å²) in [4.78, 5) is 2.64. The number of rotatable bonds is 17. The Balaban J connectivity index is 1.00. The van der Waals surface area contributed by atoms with Crippen molar-refractivity contribution in [3.05, 3.63) is 28.8 Å². The van der Waals surface area contributed by atoms with Crippen molar-refractivity contribution in [1.82, 2.24) is 4.90 Å². The Morgan fingerprint density at radius 3 is 2.24 bits per heavy atom. The average molecular weight is 574 g/mol. The molecule has 1 aromatic rings. The van der Waals surface area contributed by atoms with Gasteiger partial charge in [-0.15, -0.1) is 0 Å². The second kappa shape index (κ2) is 13.2. The highest BCUT2D eigenvalue weighted by atomic mass is 16.6. The predicted molar refractivity (Wildman–Crippen MR) is 156 cm³/mol. The smallest absolute Gasteiger partial charge is 0.137 e. The first-order valence-corrected chi connectivity index (χ1v) is 16.3. The van der Waals surface area contributed by atoms with Crippen LogP contribution in [0.2, 0.25) is 0 Å². The lowest BCUT2D eigenvalue weighted by Gasteiger charge is -2.64. The maximum Gasteiger partial charge on any atom is 0.137 e. The van der Waals surface area contributed by atoms with Crippen LogP contribution in [0.3, 0.4) is 0 Å². The first-order chi connectivity index (χ1) is 20.1. The van der Waals surface area contributed by atoms with Gasteiger partial charge in [0.2, 0.25) is 0 Å². The molecule has 6 rings (SSSR count). The summed E-state index contributed by atoms with van der Waals surface area (Å²) in [5.41, 5.74) is 2.68. The van der Waals surface area contributed by atoms with E-state index in [-0.39, 0.29) is 23.7 Å². The van der Waals surface area contributed by atoms with Gasteiger partial charge in [0.25, 0.3) is 0 Å². The second-order valence-electron chi connectivity index (χ2n) is 12.8. The van der Waals surface area contributed by atoms with Gasteiger partial charge in [-0.2, -0.15) is 0 Å². The minimum atomic E-state index is -0.772. The summed E-state index contributed by atoms with van der Waals surface area (Å²) >= 11 is 0. The zero-order chi connectivity index (χ0) is 28.3. The Kier molecular flexibility index (Phi) is 9.57. The molecule has 5 atom stereocenters. The Hall–Kier alpha value is -1.26. The lowest BCUT2D eigenvalue weighted by atomic mass is 9.48. The summed E-state index contributed by atoms with van der Waals surface area (Å²) in [5, 5.41) is 12.7. The van der Waals surface area contributed by atoms with Crippen molar-refractivity contribution in [3.8, 4) is 5.75 Å². The van der Waals surface area contributed by atoms with Crippen molar-refractivity contribution in [2.24, 2.45) is 5.92 Å². The third kappa shape index (κ3) is 5.59. The van der Waals surface area contributed by atoms with E-state index in [1.165, 1.54) is 36.0 Å². The summed E-state index contributed by atoms with van der Waals surface area (Å²) in [5.74, 6) is 1.81. The van der Waals surface area contributed by atoms with E-state index in [1.54, 1.807) is 0 Å². The van der Waals surface area contributed by atoms with E-state index >= 15 is 0 Å². The van der Waals surface area contributed by atoms with Gasteiger partial charge in [0.05, 0.1) is 70.0 Å². The number of nitrogens with zero attached hydrogens (tertiary/aromatic N) is 1. The van der Waals surface area contributed by atoms with Crippen LogP contribution in [0, 0.1) is 12.8 Å². The molecule has 1 spiro atoms. The molecule has 2 aliphatic heterocycles. The first kappa shape index (κ1) is 29.8. The molecule has 0 radical (unpaired) electrons. The van der Waals surface area contributed by atoms with Crippen molar-refractivity contribution in [2.75, 3.05) is 72.6 Å². The largest absolute Gasteiger partial charge is 0.486 e. The number of hydrogen-bond donors (Lipinski definition) is 1. The van der Waals surface area contributed by atoms with Gasteiger partial charge in [0.1, 0.15) is 11.9 Å². The summed E-state index contributed by atoms with van der Waals surface area (Å²) in [6.45, 7) is 11.6. The molecule has 0 unspecified atom stereocenters. The Morgan fingerprint density at radius 1 is 0.902 bits per heavy atom. The van der Waals surface area contributed by atoms with Gasteiger partial charge < -0.3 is 33.5 Å². The van der Waals surface area contributed by atoms with Crippen molar-refractivity contribution < 1.29 is 33.5 Å². The van der Waals surface area contributed by atoms with Gasteiger partial charge in [-0.3, -0.25) is 4.90 Å². The number of benzene rings is 1. The van der Waals surface area contributed by atoms with Crippen LogP contribution in [0.1, 0.15) is 68.6 Å². The van der Waals surface area contributed by atoms with Crippen LogP contribution in [0.5, 0.6) is 5.75 Å². The monoisotopic (exact) mass is 573 g/mol. The predicted octanol–water partition coefficient (Wildman–Crippen LogP) is 3.81. The van der Waals surface area contributed by atoms with Gasteiger partial charge in [-0.05, 0) is 75.5 Å². The number of aryl methyl sites for hydroxylation is 1. The molecule has 1 N–H and O–H groups in total. The standard InChI is InChI=1S/C33H51NO7/c1-3-13-36-14-15-37-16-17-38-18-19-39-20-21-40-27-9-10-33(35)28-22-26-8-7-24(2)30-29(26)32(33,31(27)41-30)11-12-34(28)23-25-5-4-6-25/h7-8,25,27-28,31,35H,3-6,9-23H2,1-2H3/t27-,28+,31-,32-,33+/m0/s1. The summed E-state index contributed by atoms with van der Waals surface area (Å²) < 4.78 is 35.6. The molecule has 41 heavy (non-hydrogen) atoms. The van der Waals surface area contributed by atoms with E-state index in [4.69, 9.17) is 28.4 Å². The fraction of sp³-hybridized carbons (Fsp3) is 0.818. The molecule has 230 valence electrons. The molecule has 1 saturated heterocycles. The molecular formula is C33H51NO7. The van der Waals surface area contributed by atoms with E-state index in [1.807, 2.05) is 0 Å². The van der Waals surface area contributed by atoms with Gasteiger partial charge in [0.15, 0.2) is 0 Å². The fourth-order valence-electron chi connectivity index (χ4n) is 8.29. The van der Waals surface area contributed by atoms with Crippen LogP contribution >= 0.6 is 0 Å². The maximum atomic E-state index is 12.7. The van der Waals surface area contributed by atoms with Crippen molar-refractivity contribution in [2.45, 2.75) is 94.5 Å². The van der Waals surface area contributed by atoms with Crippen LogP contribution in [-0.4, -0.2) is 106 Å². The van der Waals surface area contributed by atoms with Crippen LogP contribution < -0.4 is 4.74 Å². The number of piperidine rings is 1. The van der Waals surface area contributed by atoms with Crippen LogP contribution in [0.25, 0.3) is 0 Å².